The Hall–Kier alpha value is -3.39. The van der Waals surface area contributed by atoms with Crippen LogP contribution < -0.4 is 21.3 Å². The monoisotopic (exact) mass is 448 g/mol. The molecule has 2 aliphatic heterocycles. The van der Waals surface area contributed by atoms with E-state index >= 15 is 0 Å². The molecule has 2 atom stereocenters. The van der Waals surface area contributed by atoms with E-state index in [4.69, 9.17) is 4.74 Å². The van der Waals surface area contributed by atoms with Crippen molar-refractivity contribution in [2.75, 3.05) is 13.2 Å². The van der Waals surface area contributed by atoms with Gasteiger partial charge in [0.1, 0.15) is 5.54 Å². The lowest BCUT2D eigenvalue weighted by Gasteiger charge is -2.39. The fourth-order valence-electron chi connectivity index (χ4n) is 5.33. The molecule has 2 fully saturated rings. The summed E-state index contributed by atoms with van der Waals surface area (Å²) in [6, 6.07) is 14.9. The van der Waals surface area contributed by atoms with Crippen LogP contribution in [0.4, 0.5) is 9.59 Å². The van der Waals surface area contributed by atoms with Gasteiger partial charge in [0.25, 0.3) is 5.91 Å². The number of ether oxygens (including phenoxy) is 1. The van der Waals surface area contributed by atoms with Crippen LogP contribution in [0.1, 0.15) is 48.1 Å². The minimum atomic E-state index is -1.09. The summed E-state index contributed by atoms with van der Waals surface area (Å²) in [5.41, 5.74) is 3.00. The first kappa shape index (κ1) is 21.5. The second-order valence-corrected chi connectivity index (χ2v) is 9.34. The van der Waals surface area contributed by atoms with Gasteiger partial charge >= 0.3 is 12.1 Å². The lowest BCUT2D eigenvalue weighted by Crippen LogP contribution is -2.45. The van der Waals surface area contributed by atoms with Crippen LogP contribution in [0.25, 0.3) is 0 Å². The van der Waals surface area contributed by atoms with E-state index in [1.807, 2.05) is 18.2 Å². The second kappa shape index (κ2) is 8.19. The van der Waals surface area contributed by atoms with Crippen LogP contribution in [0.5, 0.6) is 0 Å². The summed E-state index contributed by atoms with van der Waals surface area (Å²) in [5.74, 6) is -0.378. The molecule has 0 aromatic heterocycles. The number of carbonyl (C=O) groups excluding carboxylic acids is 3. The quantitative estimate of drug-likeness (QED) is 0.539. The third-order valence-corrected chi connectivity index (χ3v) is 7.31. The molecule has 172 valence electrons. The van der Waals surface area contributed by atoms with Gasteiger partial charge in [-0.2, -0.15) is 0 Å². The number of imide groups is 1. The lowest BCUT2D eigenvalue weighted by atomic mass is 9.74. The lowest BCUT2D eigenvalue weighted by molar-refractivity contribution is -0.123. The van der Waals surface area contributed by atoms with Gasteiger partial charge in [0.15, 0.2) is 0 Å². The Labute approximate surface area is 192 Å². The number of hydrogen-bond donors (Lipinski definition) is 4. The highest BCUT2D eigenvalue weighted by Gasteiger charge is 2.47. The first-order valence-corrected chi connectivity index (χ1v) is 11.3. The fourth-order valence-corrected chi connectivity index (χ4v) is 5.33. The topological polar surface area (TPSA) is 109 Å². The maximum atomic E-state index is 12.9. The second-order valence-electron chi connectivity index (χ2n) is 9.34. The van der Waals surface area contributed by atoms with Crippen LogP contribution >= 0.6 is 0 Å². The van der Waals surface area contributed by atoms with Crippen LogP contribution in [-0.2, 0) is 28.0 Å². The largest absolute Gasteiger partial charge is 0.381 e. The van der Waals surface area contributed by atoms with Crippen molar-refractivity contribution in [3.8, 4) is 0 Å². The highest BCUT2D eigenvalue weighted by molar-refractivity contribution is 6.07. The molecule has 5 amide bonds. The number of rotatable bonds is 4. The minimum Gasteiger partial charge on any atom is -0.381 e. The minimum absolute atomic E-state index is 0.00264. The van der Waals surface area contributed by atoms with E-state index in [1.165, 1.54) is 11.1 Å². The normalized spacial score (nSPS) is 25.3. The van der Waals surface area contributed by atoms with Gasteiger partial charge in [-0.05, 0) is 48.4 Å². The molecule has 2 heterocycles. The van der Waals surface area contributed by atoms with Gasteiger partial charge in [0.2, 0.25) is 0 Å². The first-order chi connectivity index (χ1) is 15.9. The average Bonchev–Trinajstić information content (AvgIpc) is 3.25. The molecule has 5 rings (SSSR count). The standard InChI is InChI=1S/C25H28N4O4/c1-24(21(30)28-23(32)29-24)18-8-6-16(7-9-18)15-26-22(31)27-20-19-5-3-2-4-17(19)14-25(20)10-12-33-13-11-25/h2-9,20H,10-15H2,1H3,(H2,26,27,31)(H2,28,29,30,32). The van der Waals surface area contributed by atoms with Crippen LogP contribution in [0.3, 0.4) is 0 Å². The molecule has 2 unspecified atom stereocenters. The summed E-state index contributed by atoms with van der Waals surface area (Å²) in [7, 11) is 0. The number of carbonyl (C=O) groups is 3. The molecule has 33 heavy (non-hydrogen) atoms. The van der Waals surface area contributed by atoms with Gasteiger partial charge in [-0.1, -0.05) is 48.5 Å². The van der Waals surface area contributed by atoms with E-state index in [9.17, 15) is 14.4 Å². The van der Waals surface area contributed by atoms with Crippen molar-refractivity contribution in [2.24, 2.45) is 5.41 Å². The van der Waals surface area contributed by atoms with Crippen molar-refractivity contribution in [3.05, 3.63) is 70.8 Å². The summed E-state index contributed by atoms with van der Waals surface area (Å²) < 4.78 is 5.60. The van der Waals surface area contributed by atoms with Crippen molar-refractivity contribution in [2.45, 2.75) is 44.3 Å². The van der Waals surface area contributed by atoms with Crippen molar-refractivity contribution in [1.82, 2.24) is 21.3 Å². The number of urea groups is 2. The van der Waals surface area contributed by atoms with Crippen LogP contribution in [0.15, 0.2) is 48.5 Å². The van der Waals surface area contributed by atoms with Crippen molar-refractivity contribution in [3.63, 3.8) is 0 Å². The van der Waals surface area contributed by atoms with E-state index in [0.717, 1.165) is 38.0 Å². The molecule has 0 saturated carbocycles. The fraction of sp³-hybridized carbons (Fsp3) is 0.400. The third-order valence-electron chi connectivity index (χ3n) is 7.31. The van der Waals surface area contributed by atoms with Gasteiger partial charge in [-0.15, -0.1) is 0 Å². The number of amides is 5. The van der Waals surface area contributed by atoms with E-state index in [0.29, 0.717) is 12.1 Å². The molecule has 2 aromatic rings. The molecule has 2 saturated heterocycles. The van der Waals surface area contributed by atoms with Crippen LogP contribution in [0, 0.1) is 5.41 Å². The molecular formula is C25H28N4O4. The molecule has 4 N–H and O–H groups in total. The first-order valence-electron chi connectivity index (χ1n) is 11.3. The van der Waals surface area contributed by atoms with E-state index in [2.05, 4.69) is 39.5 Å². The Kier molecular flexibility index (Phi) is 5.32. The molecule has 8 heteroatoms. The number of benzene rings is 2. The van der Waals surface area contributed by atoms with Crippen LogP contribution in [-0.4, -0.2) is 31.2 Å². The zero-order valence-electron chi connectivity index (χ0n) is 18.6. The van der Waals surface area contributed by atoms with E-state index in [1.54, 1.807) is 19.1 Å². The van der Waals surface area contributed by atoms with E-state index in [-0.39, 0.29) is 23.4 Å². The SMILES string of the molecule is CC1(c2ccc(CNC(=O)NC3c4ccccc4CC34CCOCC4)cc2)NC(=O)NC1=O. The summed E-state index contributed by atoms with van der Waals surface area (Å²) >= 11 is 0. The van der Waals surface area contributed by atoms with Crippen molar-refractivity contribution < 1.29 is 19.1 Å². The number of nitrogens with one attached hydrogen (secondary N) is 4. The maximum absolute atomic E-state index is 12.9. The van der Waals surface area contributed by atoms with Crippen molar-refractivity contribution >= 4 is 18.0 Å². The highest BCUT2D eigenvalue weighted by atomic mass is 16.5. The molecule has 0 bridgehead atoms. The van der Waals surface area contributed by atoms with Crippen molar-refractivity contribution in [1.29, 1.82) is 0 Å². The van der Waals surface area contributed by atoms with Gasteiger partial charge in [-0.3, -0.25) is 10.1 Å². The van der Waals surface area contributed by atoms with Gasteiger partial charge in [-0.25, -0.2) is 9.59 Å². The van der Waals surface area contributed by atoms with Gasteiger partial charge in [0, 0.05) is 25.2 Å². The Morgan fingerprint density at radius 2 is 1.82 bits per heavy atom. The predicted molar refractivity (Wildman–Crippen MR) is 121 cm³/mol. The smallest absolute Gasteiger partial charge is 0.322 e. The molecular weight excluding hydrogens is 420 g/mol. The Bertz CT molecular complexity index is 1090. The summed E-state index contributed by atoms with van der Waals surface area (Å²) in [4.78, 5) is 36.5. The zero-order chi connectivity index (χ0) is 23.1. The summed E-state index contributed by atoms with van der Waals surface area (Å²) in [6.45, 7) is 3.46. The Morgan fingerprint density at radius 3 is 2.52 bits per heavy atom. The predicted octanol–water partition coefficient (Wildman–Crippen LogP) is 2.63. The summed E-state index contributed by atoms with van der Waals surface area (Å²) in [6.07, 6.45) is 2.82. The molecule has 1 aliphatic carbocycles. The van der Waals surface area contributed by atoms with Gasteiger partial charge < -0.3 is 20.7 Å². The molecule has 1 spiro atoms. The van der Waals surface area contributed by atoms with Gasteiger partial charge in [0.05, 0.1) is 6.04 Å². The number of hydrogen-bond acceptors (Lipinski definition) is 4. The Morgan fingerprint density at radius 1 is 1.09 bits per heavy atom. The molecule has 0 radical (unpaired) electrons. The molecule has 3 aliphatic rings. The molecule has 2 aromatic carbocycles. The average molecular weight is 449 g/mol. The Balaban J connectivity index is 1.24. The van der Waals surface area contributed by atoms with E-state index < -0.39 is 11.6 Å². The number of fused-ring (bicyclic) bond motifs is 1. The highest BCUT2D eigenvalue weighted by Crippen LogP contribution is 2.51. The molecule has 8 nitrogen and oxygen atoms in total. The van der Waals surface area contributed by atoms with Crippen LogP contribution in [0.2, 0.25) is 0 Å². The third kappa shape index (κ3) is 3.84. The summed E-state index contributed by atoms with van der Waals surface area (Å²) in [5, 5.41) is 11.1. The maximum Gasteiger partial charge on any atom is 0.322 e. The zero-order valence-corrected chi connectivity index (χ0v) is 18.6.